The summed E-state index contributed by atoms with van der Waals surface area (Å²) in [4.78, 5) is 0. The van der Waals surface area contributed by atoms with Crippen LogP contribution in [-0.4, -0.2) is 23.9 Å². The van der Waals surface area contributed by atoms with Gasteiger partial charge in [0.05, 0.1) is 13.2 Å². The van der Waals surface area contributed by atoms with E-state index in [0.717, 1.165) is 6.42 Å². The van der Waals surface area contributed by atoms with Gasteiger partial charge in [-0.25, -0.2) is 0 Å². The maximum Gasteiger partial charge on any atom is 0.141 e. The third-order valence-electron chi connectivity index (χ3n) is 1.85. The van der Waals surface area contributed by atoms with E-state index in [4.69, 9.17) is 9.47 Å². The quantitative estimate of drug-likeness (QED) is 0.451. The summed E-state index contributed by atoms with van der Waals surface area (Å²) in [5.74, 6) is 0. The number of hydrogen-bond acceptors (Lipinski definition) is 2. The topological polar surface area (TPSA) is 18.5 Å². The van der Waals surface area contributed by atoms with E-state index in [1.807, 2.05) is 0 Å². The second kappa shape index (κ2) is 5.12. The second-order valence-electron chi connectivity index (χ2n) is 3.12. The molecule has 0 radical (unpaired) electrons. The lowest BCUT2D eigenvalue weighted by atomic mass is 10.1. The molecule has 0 aromatic heterocycles. The molecule has 74 valence electrons. The van der Waals surface area contributed by atoms with Crippen LogP contribution in [0.2, 0.25) is 0 Å². The van der Waals surface area contributed by atoms with Crippen LogP contribution >= 0.6 is 22.6 Å². The Hall–Kier alpha value is 0.130. The molecule has 1 aliphatic carbocycles. The predicted octanol–water partition coefficient (Wildman–Crippen LogP) is 2.69. The van der Waals surface area contributed by atoms with Gasteiger partial charge in [-0.3, -0.25) is 0 Å². The summed E-state index contributed by atoms with van der Waals surface area (Å²) in [6.07, 6.45) is 7.36. The molecular weight excluding hydrogens is 279 g/mol. The van der Waals surface area contributed by atoms with E-state index in [2.05, 4.69) is 47.7 Å². The fraction of sp³-hybridized carbons (Fsp3) is 0.600. The van der Waals surface area contributed by atoms with E-state index in [0.29, 0.717) is 13.2 Å². The van der Waals surface area contributed by atoms with Crippen molar-refractivity contribution >= 4 is 22.6 Å². The number of alkyl halides is 1. The predicted molar refractivity (Wildman–Crippen MR) is 62.1 cm³/mol. The Morgan fingerprint density at radius 3 is 2.92 bits per heavy atom. The first-order chi connectivity index (χ1) is 6.16. The lowest BCUT2D eigenvalue weighted by Crippen LogP contribution is -2.25. The highest BCUT2D eigenvalue weighted by molar-refractivity contribution is 14.1. The van der Waals surface area contributed by atoms with E-state index in [-0.39, 0.29) is 3.61 Å². The molecule has 1 atom stereocenters. The second-order valence-corrected chi connectivity index (χ2v) is 4.95. The smallest absolute Gasteiger partial charge is 0.141 e. The van der Waals surface area contributed by atoms with Crippen molar-refractivity contribution in [2.24, 2.45) is 0 Å². The molecule has 0 N–H and O–H groups in total. The van der Waals surface area contributed by atoms with Crippen molar-refractivity contribution in [3.63, 3.8) is 0 Å². The highest BCUT2D eigenvalue weighted by atomic mass is 127. The monoisotopic (exact) mass is 294 g/mol. The Morgan fingerprint density at radius 1 is 1.54 bits per heavy atom. The summed E-state index contributed by atoms with van der Waals surface area (Å²) in [7, 11) is 1.69. The molecule has 0 fully saturated rings. The summed E-state index contributed by atoms with van der Waals surface area (Å²) in [6.45, 7) is 3.39. The number of rotatable bonds is 4. The van der Waals surface area contributed by atoms with E-state index in [9.17, 15) is 0 Å². The minimum Gasteiger partial charge on any atom is -0.382 e. The van der Waals surface area contributed by atoms with Crippen LogP contribution in [0.3, 0.4) is 0 Å². The number of hydrogen-bond donors (Lipinski definition) is 0. The lowest BCUT2D eigenvalue weighted by Gasteiger charge is -2.26. The van der Waals surface area contributed by atoms with Gasteiger partial charge in [0, 0.05) is 13.5 Å². The minimum atomic E-state index is -0.158. The van der Waals surface area contributed by atoms with Crippen molar-refractivity contribution in [2.75, 3.05) is 20.3 Å². The van der Waals surface area contributed by atoms with Crippen molar-refractivity contribution in [3.05, 3.63) is 23.8 Å². The maximum absolute atomic E-state index is 5.72. The molecule has 0 aromatic carbocycles. The van der Waals surface area contributed by atoms with E-state index in [1.165, 1.54) is 5.57 Å². The van der Waals surface area contributed by atoms with Gasteiger partial charge >= 0.3 is 0 Å². The van der Waals surface area contributed by atoms with Gasteiger partial charge in [-0.05, 0) is 35.6 Å². The van der Waals surface area contributed by atoms with Crippen molar-refractivity contribution in [1.82, 2.24) is 0 Å². The Bertz CT molecular complexity index is 223. The zero-order valence-corrected chi connectivity index (χ0v) is 10.2. The average molecular weight is 294 g/mol. The van der Waals surface area contributed by atoms with Gasteiger partial charge in [0.15, 0.2) is 0 Å². The molecule has 13 heavy (non-hydrogen) atoms. The highest BCUT2D eigenvalue weighted by Gasteiger charge is 2.24. The molecule has 0 saturated heterocycles. The Kier molecular flexibility index (Phi) is 4.41. The van der Waals surface area contributed by atoms with Crippen molar-refractivity contribution in [1.29, 1.82) is 0 Å². The first-order valence-electron chi connectivity index (χ1n) is 4.34. The van der Waals surface area contributed by atoms with Crippen LogP contribution in [0.15, 0.2) is 23.8 Å². The lowest BCUT2D eigenvalue weighted by molar-refractivity contribution is 0.0313. The van der Waals surface area contributed by atoms with Gasteiger partial charge in [-0.2, -0.15) is 0 Å². The zero-order chi connectivity index (χ0) is 9.73. The number of allylic oxidation sites excluding steroid dienone is 2. The summed E-state index contributed by atoms with van der Waals surface area (Å²) in [6, 6.07) is 0. The van der Waals surface area contributed by atoms with Gasteiger partial charge in [-0.1, -0.05) is 17.7 Å². The third-order valence-corrected chi connectivity index (χ3v) is 2.91. The summed E-state index contributed by atoms with van der Waals surface area (Å²) in [5.41, 5.74) is 1.26. The van der Waals surface area contributed by atoms with Crippen molar-refractivity contribution in [3.8, 4) is 0 Å². The van der Waals surface area contributed by atoms with E-state index >= 15 is 0 Å². The molecular formula is C10H15IO2. The molecule has 1 aliphatic rings. The maximum atomic E-state index is 5.72. The minimum absolute atomic E-state index is 0.158. The van der Waals surface area contributed by atoms with Gasteiger partial charge < -0.3 is 9.47 Å². The standard InChI is InChI=1S/C10H15IO2/c1-9-4-3-5-10(11,8-9)13-7-6-12-2/h3-4,8H,5-7H2,1-2H3/t10-/m0/s1. The Morgan fingerprint density at radius 2 is 2.31 bits per heavy atom. The van der Waals surface area contributed by atoms with Crippen LogP contribution in [0.1, 0.15) is 13.3 Å². The average Bonchev–Trinajstić information content (AvgIpc) is 2.04. The largest absolute Gasteiger partial charge is 0.382 e. The molecule has 0 heterocycles. The fourth-order valence-corrected chi connectivity index (χ4v) is 2.21. The third kappa shape index (κ3) is 3.79. The van der Waals surface area contributed by atoms with Crippen molar-refractivity contribution < 1.29 is 9.47 Å². The molecule has 3 heteroatoms. The SMILES string of the molecule is COCCO[C@]1(I)C=C(C)C=CC1. The van der Waals surface area contributed by atoms with Crippen LogP contribution in [0.25, 0.3) is 0 Å². The first kappa shape index (κ1) is 11.2. The molecule has 2 nitrogen and oxygen atoms in total. The molecule has 0 aromatic rings. The molecule has 0 spiro atoms. The van der Waals surface area contributed by atoms with Crippen LogP contribution in [-0.2, 0) is 9.47 Å². The molecule has 0 unspecified atom stereocenters. The van der Waals surface area contributed by atoms with Gasteiger partial charge in [0.1, 0.15) is 3.61 Å². The van der Waals surface area contributed by atoms with Crippen LogP contribution in [0.4, 0.5) is 0 Å². The normalized spacial score (nSPS) is 27.5. The van der Waals surface area contributed by atoms with Gasteiger partial charge in [0.25, 0.3) is 0 Å². The number of ether oxygens (including phenoxy) is 2. The van der Waals surface area contributed by atoms with E-state index < -0.39 is 0 Å². The van der Waals surface area contributed by atoms with Crippen LogP contribution in [0.5, 0.6) is 0 Å². The van der Waals surface area contributed by atoms with Gasteiger partial charge in [-0.15, -0.1) is 0 Å². The van der Waals surface area contributed by atoms with Crippen LogP contribution in [0, 0.1) is 0 Å². The van der Waals surface area contributed by atoms with Crippen molar-refractivity contribution in [2.45, 2.75) is 17.0 Å². The highest BCUT2D eigenvalue weighted by Crippen LogP contribution is 2.31. The first-order valence-corrected chi connectivity index (χ1v) is 5.42. The molecule has 1 rings (SSSR count). The fourth-order valence-electron chi connectivity index (χ4n) is 1.25. The molecule has 0 aliphatic heterocycles. The number of halogens is 1. The zero-order valence-electron chi connectivity index (χ0n) is 8.05. The number of methoxy groups -OCH3 is 1. The summed E-state index contributed by atoms with van der Waals surface area (Å²) in [5, 5.41) is 0. The summed E-state index contributed by atoms with van der Waals surface area (Å²) >= 11 is 2.34. The molecule has 0 amide bonds. The molecule has 0 bridgehead atoms. The Labute approximate surface area is 93.1 Å². The molecule has 0 saturated carbocycles. The van der Waals surface area contributed by atoms with E-state index in [1.54, 1.807) is 7.11 Å². The van der Waals surface area contributed by atoms with Gasteiger partial charge in [0.2, 0.25) is 0 Å². The Balaban J connectivity index is 2.43. The summed E-state index contributed by atoms with van der Waals surface area (Å²) < 4.78 is 10.5. The van der Waals surface area contributed by atoms with Crippen LogP contribution < -0.4 is 0 Å².